The molecule has 0 spiro atoms. The summed E-state index contributed by atoms with van der Waals surface area (Å²) in [6.07, 6.45) is 0.926. The summed E-state index contributed by atoms with van der Waals surface area (Å²) in [7, 11) is 1.62. The summed E-state index contributed by atoms with van der Waals surface area (Å²) in [5.41, 5.74) is 1.48. The maximum Gasteiger partial charge on any atom is 0.267 e. The summed E-state index contributed by atoms with van der Waals surface area (Å²) in [5.74, 6) is 0.693. The number of benzene rings is 1. The fourth-order valence-corrected chi connectivity index (χ4v) is 1.76. The van der Waals surface area contributed by atoms with Gasteiger partial charge in [0, 0.05) is 17.4 Å². The molecule has 0 bridgehead atoms. The number of aromatic amines is 1. The van der Waals surface area contributed by atoms with Crippen molar-refractivity contribution in [1.82, 2.24) is 10.3 Å². The van der Waals surface area contributed by atoms with Gasteiger partial charge in [-0.25, -0.2) is 0 Å². The van der Waals surface area contributed by atoms with Gasteiger partial charge in [-0.3, -0.25) is 4.79 Å². The largest absolute Gasteiger partial charge is 0.496 e. The summed E-state index contributed by atoms with van der Waals surface area (Å²) in [6.45, 7) is 2.71. The molecule has 0 aliphatic carbocycles. The predicted octanol–water partition coefficient (Wildman–Crippen LogP) is 2.32. The van der Waals surface area contributed by atoms with Gasteiger partial charge in [0.2, 0.25) is 0 Å². The van der Waals surface area contributed by atoms with Crippen molar-refractivity contribution in [3.8, 4) is 5.75 Å². The molecule has 1 aromatic heterocycles. The van der Waals surface area contributed by atoms with Crippen LogP contribution in [0.15, 0.2) is 24.3 Å². The number of fused-ring (bicyclic) bond motifs is 1. The van der Waals surface area contributed by atoms with Gasteiger partial charge < -0.3 is 15.0 Å². The number of hydrogen-bond donors (Lipinski definition) is 2. The summed E-state index contributed by atoms with van der Waals surface area (Å²) < 4.78 is 5.25. The highest BCUT2D eigenvalue weighted by atomic mass is 16.5. The number of ether oxygens (including phenoxy) is 1. The maximum atomic E-state index is 11.8. The van der Waals surface area contributed by atoms with Gasteiger partial charge in [-0.15, -0.1) is 0 Å². The second-order valence-corrected chi connectivity index (χ2v) is 3.86. The number of carbonyl (C=O) groups is 1. The van der Waals surface area contributed by atoms with E-state index >= 15 is 0 Å². The lowest BCUT2D eigenvalue weighted by molar-refractivity contribution is 0.0949. The molecular formula is C13H16N2O2. The molecule has 2 aromatic rings. The minimum absolute atomic E-state index is 0.0786. The van der Waals surface area contributed by atoms with Crippen LogP contribution in [0.5, 0.6) is 5.75 Å². The van der Waals surface area contributed by atoms with Crippen LogP contribution >= 0.6 is 0 Å². The van der Waals surface area contributed by atoms with Gasteiger partial charge in [0.15, 0.2) is 0 Å². The normalized spacial score (nSPS) is 10.5. The van der Waals surface area contributed by atoms with E-state index < -0.39 is 0 Å². The van der Waals surface area contributed by atoms with Crippen LogP contribution in [0.2, 0.25) is 0 Å². The Hall–Kier alpha value is -1.97. The van der Waals surface area contributed by atoms with E-state index in [1.54, 1.807) is 7.11 Å². The van der Waals surface area contributed by atoms with E-state index in [2.05, 4.69) is 10.3 Å². The van der Waals surface area contributed by atoms with E-state index in [9.17, 15) is 4.79 Å². The molecule has 0 fully saturated rings. The van der Waals surface area contributed by atoms with Crippen molar-refractivity contribution in [1.29, 1.82) is 0 Å². The van der Waals surface area contributed by atoms with Crippen LogP contribution in [0.1, 0.15) is 23.8 Å². The highest BCUT2D eigenvalue weighted by Crippen LogP contribution is 2.25. The Morgan fingerprint density at radius 2 is 2.29 bits per heavy atom. The Morgan fingerprint density at radius 3 is 3.00 bits per heavy atom. The zero-order chi connectivity index (χ0) is 12.3. The SMILES string of the molecule is CCCNC(=O)c1cc2c(OC)cccc2[nH]1. The number of amides is 1. The number of hydrogen-bond acceptors (Lipinski definition) is 2. The molecule has 2 rings (SSSR count). The Labute approximate surface area is 100.0 Å². The Bertz CT molecular complexity index is 531. The molecule has 1 heterocycles. The van der Waals surface area contributed by atoms with Crippen LogP contribution < -0.4 is 10.1 Å². The third-order valence-corrected chi connectivity index (χ3v) is 2.62. The average molecular weight is 232 g/mol. The zero-order valence-corrected chi connectivity index (χ0v) is 10.0. The van der Waals surface area contributed by atoms with Crippen LogP contribution in [0.4, 0.5) is 0 Å². The summed E-state index contributed by atoms with van der Waals surface area (Å²) in [5, 5.41) is 3.76. The van der Waals surface area contributed by atoms with Gasteiger partial charge in [0.1, 0.15) is 11.4 Å². The standard InChI is InChI=1S/C13H16N2O2/c1-3-7-14-13(16)11-8-9-10(15-11)5-4-6-12(9)17-2/h4-6,8,15H,3,7H2,1-2H3,(H,14,16). The summed E-state index contributed by atoms with van der Waals surface area (Å²) in [6, 6.07) is 7.52. The number of methoxy groups -OCH3 is 1. The topological polar surface area (TPSA) is 54.1 Å². The van der Waals surface area contributed by atoms with Crippen molar-refractivity contribution in [2.24, 2.45) is 0 Å². The van der Waals surface area contributed by atoms with E-state index in [0.717, 1.165) is 23.1 Å². The van der Waals surface area contributed by atoms with Gasteiger partial charge in [-0.1, -0.05) is 13.0 Å². The summed E-state index contributed by atoms with van der Waals surface area (Å²) >= 11 is 0. The van der Waals surface area contributed by atoms with E-state index in [4.69, 9.17) is 4.74 Å². The van der Waals surface area contributed by atoms with Gasteiger partial charge in [0.25, 0.3) is 5.91 Å². The van der Waals surface area contributed by atoms with E-state index in [-0.39, 0.29) is 5.91 Å². The van der Waals surface area contributed by atoms with Crippen molar-refractivity contribution in [2.45, 2.75) is 13.3 Å². The Morgan fingerprint density at radius 1 is 1.47 bits per heavy atom. The molecule has 1 amide bonds. The van der Waals surface area contributed by atoms with Crippen molar-refractivity contribution in [3.05, 3.63) is 30.0 Å². The number of H-pyrrole nitrogens is 1. The van der Waals surface area contributed by atoms with Gasteiger partial charge in [-0.05, 0) is 24.6 Å². The van der Waals surface area contributed by atoms with E-state index in [0.29, 0.717) is 12.2 Å². The second kappa shape index (κ2) is 4.91. The lowest BCUT2D eigenvalue weighted by Crippen LogP contribution is -2.24. The predicted molar refractivity (Wildman–Crippen MR) is 67.5 cm³/mol. The highest BCUT2D eigenvalue weighted by Gasteiger charge is 2.10. The van der Waals surface area contributed by atoms with Crippen LogP contribution in [-0.4, -0.2) is 24.5 Å². The molecule has 0 radical (unpaired) electrons. The molecular weight excluding hydrogens is 216 g/mol. The summed E-state index contributed by atoms with van der Waals surface area (Å²) in [4.78, 5) is 14.9. The fraction of sp³-hybridized carbons (Fsp3) is 0.308. The molecule has 1 aromatic carbocycles. The average Bonchev–Trinajstić information content (AvgIpc) is 2.79. The van der Waals surface area contributed by atoms with Gasteiger partial charge in [-0.2, -0.15) is 0 Å². The first-order valence-electron chi connectivity index (χ1n) is 5.70. The zero-order valence-electron chi connectivity index (χ0n) is 10.0. The van der Waals surface area contributed by atoms with E-state index in [1.807, 2.05) is 31.2 Å². The molecule has 4 heteroatoms. The minimum Gasteiger partial charge on any atom is -0.496 e. The Kier molecular flexibility index (Phi) is 3.32. The monoisotopic (exact) mass is 232 g/mol. The molecule has 0 unspecified atom stereocenters. The number of rotatable bonds is 4. The molecule has 2 N–H and O–H groups in total. The Balaban J connectivity index is 2.34. The first-order chi connectivity index (χ1) is 8.26. The third-order valence-electron chi connectivity index (χ3n) is 2.62. The number of aromatic nitrogens is 1. The molecule has 4 nitrogen and oxygen atoms in total. The molecule has 0 saturated carbocycles. The smallest absolute Gasteiger partial charge is 0.267 e. The maximum absolute atomic E-state index is 11.8. The second-order valence-electron chi connectivity index (χ2n) is 3.86. The van der Waals surface area contributed by atoms with E-state index in [1.165, 1.54) is 0 Å². The number of nitrogens with one attached hydrogen (secondary N) is 2. The van der Waals surface area contributed by atoms with Crippen LogP contribution in [0.3, 0.4) is 0 Å². The molecule has 17 heavy (non-hydrogen) atoms. The lowest BCUT2D eigenvalue weighted by atomic mass is 10.2. The van der Waals surface area contributed by atoms with Crippen LogP contribution in [-0.2, 0) is 0 Å². The molecule has 0 aliphatic heterocycles. The highest BCUT2D eigenvalue weighted by molar-refractivity contribution is 5.99. The molecule has 0 atom stereocenters. The lowest BCUT2D eigenvalue weighted by Gasteiger charge is -1.99. The van der Waals surface area contributed by atoms with Gasteiger partial charge in [0.05, 0.1) is 7.11 Å². The fourth-order valence-electron chi connectivity index (χ4n) is 1.76. The molecule has 90 valence electrons. The molecule has 0 aliphatic rings. The van der Waals surface area contributed by atoms with Crippen LogP contribution in [0, 0.1) is 0 Å². The van der Waals surface area contributed by atoms with Crippen molar-refractivity contribution < 1.29 is 9.53 Å². The number of carbonyl (C=O) groups excluding carboxylic acids is 1. The third kappa shape index (κ3) is 2.25. The first-order valence-corrected chi connectivity index (χ1v) is 5.70. The first kappa shape index (κ1) is 11.5. The minimum atomic E-state index is -0.0786. The van der Waals surface area contributed by atoms with Gasteiger partial charge >= 0.3 is 0 Å². The van der Waals surface area contributed by atoms with Crippen molar-refractivity contribution in [2.75, 3.05) is 13.7 Å². The molecule has 0 saturated heterocycles. The quantitative estimate of drug-likeness (QED) is 0.850. The van der Waals surface area contributed by atoms with Crippen molar-refractivity contribution >= 4 is 16.8 Å². The van der Waals surface area contributed by atoms with Crippen molar-refractivity contribution in [3.63, 3.8) is 0 Å². The van der Waals surface area contributed by atoms with Crippen LogP contribution in [0.25, 0.3) is 10.9 Å².